The van der Waals surface area contributed by atoms with Gasteiger partial charge in [0.2, 0.25) is 0 Å². The van der Waals surface area contributed by atoms with Crippen LogP contribution in [0.5, 0.6) is 11.5 Å². The van der Waals surface area contributed by atoms with Crippen LogP contribution in [-0.2, 0) is 19.1 Å². The lowest BCUT2D eigenvalue weighted by atomic mass is 9.73. The van der Waals surface area contributed by atoms with Crippen molar-refractivity contribution in [2.75, 3.05) is 19.0 Å². The van der Waals surface area contributed by atoms with Crippen LogP contribution in [-0.4, -0.2) is 31.2 Å². The van der Waals surface area contributed by atoms with Crippen molar-refractivity contribution in [1.29, 1.82) is 0 Å². The van der Waals surface area contributed by atoms with E-state index in [0.717, 1.165) is 33.2 Å². The maximum absolute atomic E-state index is 13.1. The van der Waals surface area contributed by atoms with Gasteiger partial charge in [-0.15, -0.1) is 0 Å². The number of carbonyl (C=O) groups excluding carboxylic acids is 3. The van der Waals surface area contributed by atoms with E-state index < -0.39 is 5.92 Å². The number of allylic oxidation sites excluding steroid dienone is 4. The first-order valence-corrected chi connectivity index (χ1v) is 13.5. The van der Waals surface area contributed by atoms with Gasteiger partial charge in [-0.2, -0.15) is 0 Å². The van der Waals surface area contributed by atoms with Crippen LogP contribution < -0.4 is 14.8 Å². The number of halogens is 1. The molecular weight excluding hydrogens is 585 g/mol. The van der Waals surface area contributed by atoms with Gasteiger partial charge < -0.3 is 19.5 Å². The van der Waals surface area contributed by atoms with Gasteiger partial charge in [-0.05, 0) is 71.7 Å². The van der Waals surface area contributed by atoms with Crippen LogP contribution in [0, 0.1) is 10.5 Å². The minimum absolute atomic E-state index is 0.0263. The van der Waals surface area contributed by atoms with Crippen LogP contribution in [0.15, 0.2) is 59.1 Å². The molecular formula is C29H28INO6. The van der Waals surface area contributed by atoms with Crippen molar-refractivity contribution in [2.24, 2.45) is 0 Å². The van der Waals surface area contributed by atoms with E-state index in [0.29, 0.717) is 59.8 Å². The number of aryl methyl sites for hydroxylation is 1. The van der Waals surface area contributed by atoms with Crippen molar-refractivity contribution >= 4 is 45.8 Å². The van der Waals surface area contributed by atoms with Crippen LogP contribution >= 0.6 is 22.6 Å². The number of ether oxygens (including phenoxy) is 3. The summed E-state index contributed by atoms with van der Waals surface area (Å²) in [6.07, 6.45) is 3.77. The fourth-order valence-corrected chi connectivity index (χ4v) is 6.02. The molecule has 7 nitrogen and oxygen atoms in total. The Morgan fingerprint density at radius 3 is 2.30 bits per heavy atom. The zero-order chi connectivity index (χ0) is 26.1. The third kappa shape index (κ3) is 5.03. The van der Waals surface area contributed by atoms with Crippen molar-refractivity contribution in [1.82, 2.24) is 0 Å². The molecule has 0 fully saturated rings. The average molecular weight is 613 g/mol. The molecule has 1 N–H and O–H groups in total. The molecule has 3 aliphatic rings. The summed E-state index contributed by atoms with van der Waals surface area (Å²) in [7, 11) is 1.53. The number of amides is 1. The molecule has 2 aliphatic carbocycles. The first-order valence-electron chi connectivity index (χ1n) is 12.4. The Morgan fingerprint density at radius 2 is 1.68 bits per heavy atom. The SMILES string of the molecule is COc1cc(C2C3=C(CCCC3=O)OC3=C2C(=O)CCC3)cc(I)c1OCC(=O)Nc1ccccc1C. The van der Waals surface area contributed by atoms with E-state index in [2.05, 4.69) is 27.9 Å². The van der Waals surface area contributed by atoms with Gasteiger partial charge in [0.05, 0.1) is 10.7 Å². The molecule has 0 unspecified atom stereocenters. The van der Waals surface area contributed by atoms with Gasteiger partial charge in [0.25, 0.3) is 5.91 Å². The lowest BCUT2D eigenvalue weighted by molar-refractivity contribution is -0.119. The molecule has 0 spiro atoms. The summed E-state index contributed by atoms with van der Waals surface area (Å²) in [6, 6.07) is 11.3. The summed E-state index contributed by atoms with van der Waals surface area (Å²) >= 11 is 2.14. The molecule has 8 heteroatoms. The topological polar surface area (TPSA) is 90.9 Å². The van der Waals surface area contributed by atoms with Gasteiger partial charge in [0.15, 0.2) is 29.7 Å². The Balaban J connectivity index is 1.46. The van der Waals surface area contributed by atoms with Crippen LogP contribution in [0.25, 0.3) is 0 Å². The highest BCUT2D eigenvalue weighted by Crippen LogP contribution is 2.49. The number of methoxy groups -OCH3 is 1. The maximum Gasteiger partial charge on any atom is 0.262 e. The second-order valence-electron chi connectivity index (χ2n) is 9.45. The highest BCUT2D eigenvalue weighted by Gasteiger charge is 2.42. The van der Waals surface area contributed by atoms with Crippen molar-refractivity contribution in [3.8, 4) is 11.5 Å². The molecule has 0 saturated carbocycles. The summed E-state index contributed by atoms with van der Waals surface area (Å²) in [6.45, 7) is 1.73. The Hall–Kier alpha value is -3.14. The Kier molecular flexibility index (Phi) is 7.37. The van der Waals surface area contributed by atoms with Crippen molar-refractivity contribution in [3.63, 3.8) is 0 Å². The van der Waals surface area contributed by atoms with Crippen molar-refractivity contribution < 1.29 is 28.6 Å². The van der Waals surface area contributed by atoms with Gasteiger partial charge >= 0.3 is 0 Å². The smallest absolute Gasteiger partial charge is 0.262 e. The molecule has 2 aromatic rings. The number of nitrogens with one attached hydrogen (secondary N) is 1. The normalized spacial score (nSPS) is 17.7. The number of Topliss-reactive ketones (excluding diaryl/α,β-unsaturated/α-hetero) is 2. The highest BCUT2D eigenvalue weighted by atomic mass is 127. The van der Waals surface area contributed by atoms with Crippen molar-refractivity contribution in [2.45, 2.75) is 51.4 Å². The number of ketones is 2. The molecule has 0 saturated heterocycles. The first kappa shape index (κ1) is 25.5. The van der Waals surface area contributed by atoms with E-state index in [4.69, 9.17) is 14.2 Å². The monoisotopic (exact) mass is 613 g/mol. The van der Waals surface area contributed by atoms with E-state index in [1.165, 1.54) is 7.11 Å². The number of anilines is 1. The fourth-order valence-electron chi connectivity index (χ4n) is 5.23. The van der Waals surface area contributed by atoms with Crippen molar-refractivity contribution in [3.05, 3.63) is 73.8 Å². The zero-order valence-corrected chi connectivity index (χ0v) is 23.0. The average Bonchev–Trinajstić information content (AvgIpc) is 2.88. The standard InChI is InChI=1S/C29H28INO6/c1-16-7-3-4-8-19(16)31-25(34)15-36-29-18(30)13-17(14-24(29)35-2)26-27-20(32)9-5-11-22(27)37-23-12-6-10-21(33)28(23)26/h3-4,7-8,13-14,26H,5-6,9-12,15H2,1-2H3,(H,31,34). The number of carbonyl (C=O) groups is 3. The molecule has 0 aromatic heterocycles. The van der Waals surface area contributed by atoms with E-state index in [9.17, 15) is 14.4 Å². The van der Waals surface area contributed by atoms with Gasteiger partial charge in [0, 0.05) is 48.4 Å². The van der Waals surface area contributed by atoms with Gasteiger partial charge in [0.1, 0.15) is 11.5 Å². The molecule has 2 aromatic carbocycles. The Morgan fingerprint density at radius 1 is 1.03 bits per heavy atom. The molecule has 0 radical (unpaired) electrons. The number of hydrogen-bond donors (Lipinski definition) is 1. The highest BCUT2D eigenvalue weighted by molar-refractivity contribution is 14.1. The molecule has 0 atom stereocenters. The number of benzene rings is 2. The summed E-state index contributed by atoms with van der Waals surface area (Å²) < 4.78 is 18.4. The van der Waals surface area contributed by atoms with Crippen LogP contribution in [0.3, 0.4) is 0 Å². The summed E-state index contributed by atoms with van der Waals surface area (Å²) in [5.41, 5.74) is 3.65. The van der Waals surface area contributed by atoms with Gasteiger partial charge in [-0.3, -0.25) is 14.4 Å². The lowest BCUT2D eigenvalue weighted by Crippen LogP contribution is -2.30. The number of para-hydroxylation sites is 1. The van der Waals surface area contributed by atoms with Crippen LogP contribution in [0.1, 0.15) is 55.6 Å². The Bertz CT molecular complexity index is 1320. The first-order chi connectivity index (χ1) is 17.9. The predicted octanol–water partition coefficient (Wildman–Crippen LogP) is 5.75. The third-order valence-corrected chi connectivity index (χ3v) is 7.79. The molecule has 37 heavy (non-hydrogen) atoms. The quantitative estimate of drug-likeness (QED) is 0.418. The van der Waals surface area contributed by atoms with Crippen LogP contribution in [0.4, 0.5) is 5.69 Å². The maximum atomic E-state index is 13.1. The number of rotatable bonds is 6. The van der Waals surface area contributed by atoms with Crippen LogP contribution in [0.2, 0.25) is 0 Å². The second-order valence-corrected chi connectivity index (χ2v) is 10.6. The lowest BCUT2D eigenvalue weighted by Gasteiger charge is -2.36. The van der Waals surface area contributed by atoms with E-state index in [1.807, 2.05) is 43.3 Å². The summed E-state index contributed by atoms with van der Waals surface area (Å²) in [5, 5.41) is 2.86. The molecule has 0 bridgehead atoms. The molecule has 1 heterocycles. The zero-order valence-electron chi connectivity index (χ0n) is 20.8. The second kappa shape index (κ2) is 10.7. The molecule has 1 aliphatic heterocycles. The van der Waals surface area contributed by atoms with E-state index in [1.54, 1.807) is 0 Å². The summed E-state index contributed by atoms with van der Waals surface area (Å²) in [5.74, 6) is 1.54. The molecule has 5 rings (SSSR count). The minimum atomic E-state index is -0.486. The predicted molar refractivity (Wildman–Crippen MR) is 147 cm³/mol. The summed E-state index contributed by atoms with van der Waals surface area (Å²) in [4.78, 5) is 38.7. The third-order valence-electron chi connectivity index (χ3n) is 6.99. The largest absolute Gasteiger partial charge is 0.493 e. The minimum Gasteiger partial charge on any atom is -0.493 e. The molecule has 1 amide bonds. The number of hydrogen-bond acceptors (Lipinski definition) is 6. The fraction of sp³-hybridized carbons (Fsp3) is 0.345. The van der Waals surface area contributed by atoms with E-state index in [-0.39, 0.29) is 24.1 Å². The van der Waals surface area contributed by atoms with Gasteiger partial charge in [-0.25, -0.2) is 0 Å². The molecule has 192 valence electrons. The van der Waals surface area contributed by atoms with Gasteiger partial charge in [-0.1, -0.05) is 18.2 Å². The van der Waals surface area contributed by atoms with E-state index >= 15 is 0 Å². The Labute approximate surface area is 229 Å².